The van der Waals surface area contributed by atoms with E-state index in [0.717, 1.165) is 73.4 Å². The van der Waals surface area contributed by atoms with Crippen molar-refractivity contribution in [2.24, 2.45) is 0 Å². The van der Waals surface area contributed by atoms with Gasteiger partial charge in [0.25, 0.3) is 0 Å². The van der Waals surface area contributed by atoms with Crippen LogP contribution in [0.4, 0.5) is 0 Å². The van der Waals surface area contributed by atoms with E-state index >= 15 is 0 Å². The second kappa shape index (κ2) is 28.9. The topological polar surface area (TPSA) is 98.9 Å². The molecule has 2 heterocycles. The summed E-state index contributed by atoms with van der Waals surface area (Å²) in [4.78, 5) is 0. The molecule has 0 spiro atoms. The summed E-state index contributed by atoms with van der Waals surface area (Å²) in [5.41, 5.74) is 6.54. The highest BCUT2D eigenvalue weighted by molar-refractivity contribution is 5.45. The van der Waals surface area contributed by atoms with E-state index in [2.05, 4.69) is 177 Å². The third-order valence-corrected chi connectivity index (χ3v) is 15.6. The standard InChI is InChI=1S/C69H88O10/c1-9-11-13-15-41-70-63(45-74-59-33-21-53(22-34-59)68(5,6)55-25-37-61(38-26-55)76-47-65-49-78-65)43-72-57-29-17-51(18-30-57)67(3,4)52-19-31-58(32-20-52)73-44-64(71-42-16-14-12-10-2)46-75-60-35-23-54(24-36-60)69(7,8)56-27-39-62(40-28-56)77-48-66-50-79-66/h17-40,63-66H,9-16,41-50H2,1-8H3. The van der Waals surface area contributed by atoms with E-state index in [4.69, 9.17) is 47.4 Å². The SMILES string of the molecule is CCCCCCOC(COc1ccc(C(C)(C)c2ccc(OCC(COc3ccc(C(C)(C)c4ccc(OCC5CO5)cc4)cc3)OCCCCCC)cc2)cc1)COc1ccc(C(C)(C)c2ccc(OCC3CO3)cc2)cc1. The summed E-state index contributed by atoms with van der Waals surface area (Å²) < 4.78 is 60.6. The molecule has 6 aromatic rings. The number of benzene rings is 6. The second-order valence-electron chi connectivity index (χ2n) is 22.9. The van der Waals surface area contributed by atoms with Gasteiger partial charge in [0, 0.05) is 29.5 Å². The molecule has 2 fully saturated rings. The van der Waals surface area contributed by atoms with Crippen molar-refractivity contribution < 1.29 is 47.4 Å². The Balaban J connectivity index is 0.814. The summed E-state index contributed by atoms with van der Waals surface area (Å²) in [5, 5.41) is 0. The summed E-state index contributed by atoms with van der Waals surface area (Å²) in [5.74, 6) is 4.92. The molecule has 0 bridgehead atoms. The summed E-state index contributed by atoms with van der Waals surface area (Å²) in [6.07, 6.45) is 9.08. The molecule has 0 aliphatic carbocycles. The Kier molecular flexibility index (Phi) is 21.6. The number of rotatable bonds is 36. The van der Waals surface area contributed by atoms with E-state index in [9.17, 15) is 0 Å². The fourth-order valence-corrected chi connectivity index (χ4v) is 9.62. The largest absolute Gasteiger partial charge is 0.491 e. The predicted molar refractivity (Wildman–Crippen MR) is 315 cm³/mol. The van der Waals surface area contributed by atoms with Gasteiger partial charge in [-0.3, -0.25) is 0 Å². The molecule has 10 nitrogen and oxygen atoms in total. The third-order valence-electron chi connectivity index (χ3n) is 15.6. The molecule has 4 atom stereocenters. The van der Waals surface area contributed by atoms with Crippen LogP contribution in [0, 0.1) is 0 Å². The zero-order valence-corrected chi connectivity index (χ0v) is 48.5. The van der Waals surface area contributed by atoms with Gasteiger partial charge in [-0.2, -0.15) is 0 Å². The van der Waals surface area contributed by atoms with Gasteiger partial charge in [-0.05, 0) is 119 Å². The third kappa shape index (κ3) is 18.0. The molecule has 4 unspecified atom stereocenters. The maximum absolute atomic E-state index is 6.39. The predicted octanol–water partition coefficient (Wildman–Crippen LogP) is 15.1. The second-order valence-corrected chi connectivity index (χ2v) is 22.9. The normalized spacial score (nSPS) is 15.9. The first kappa shape index (κ1) is 59.1. The van der Waals surface area contributed by atoms with E-state index in [1.54, 1.807) is 0 Å². The molecular formula is C69H88O10. The average molecular weight is 1080 g/mol. The lowest BCUT2D eigenvalue weighted by Crippen LogP contribution is -2.29. The molecule has 0 amide bonds. The number of hydrogen-bond acceptors (Lipinski definition) is 10. The minimum atomic E-state index is -0.266. The van der Waals surface area contributed by atoms with Gasteiger partial charge >= 0.3 is 0 Å². The zero-order chi connectivity index (χ0) is 55.5. The highest BCUT2D eigenvalue weighted by Crippen LogP contribution is 2.37. The quantitative estimate of drug-likeness (QED) is 0.0279. The number of hydrogen-bond donors (Lipinski definition) is 0. The Hall–Kier alpha value is -6.04. The maximum Gasteiger partial charge on any atom is 0.125 e. The van der Waals surface area contributed by atoms with Crippen molar-refractivity contribution in [3.63, 3.8) is 0 Å². The van der Waals surface area contributed by atoms with E-state index in [1.807, 2.05) is 24.3 Å². The van der Waals surface area contributed by atoms with Crippen LogP contribution in [0.1, 0.15) is 140 Å². The van der Waals surface area contributed by atoms with Crippen LogP contribution < -0.4 is 28.4 Å². The first-order valence-corrected chi connectivity index (χ1v) is 29.2. The van der Waals surface area contributed by atoms with Gasteiger partial charge in [-0.25, -0.2) is 0 Å². The van der Waals surface area contributed by atoms with E-state index in [-0.39, 0.29) is 40.7 Å². The minimum Gasteiger partial charge on any atom is -0.491 e. The number of unbranched alkanes of at least 4 members (excludes halogenated alkanes) is 6. The molecule has 0 saturated carbocycles. The van der Waals surface area contributed by atoms with Gasteiger partial charge in [-0.15, -0.1) is 0 Å². The van der Waals surface area contributed by atoms with E-state index in [1.165, 1.54) is 59.1 Å². The molecule has 2 saturated heterocycles. The maximum atomic E-state index is 6.39. The monoisotopic (exact) mass is 1080 g/mol. The number of ether oxygens (including phenoxy) is 10. The van der Waals surface area contributed by atoms with Crippen LogP contribution in [0.2, 0.25) is 0 Å². The molecular weight excluding hydrogens is 989 g/mol. The highest BCUT2D eigenvalue weighted by atomic mass is 16.6. The van der Waals surface area contributed by atoms with Crippen molar-refractivity contribution in [3.05, 3.63) is 179 Å². The fourth-order valence-electron chi connectivity index (χ4n) is 9.62. The fraction of sp³-hybridized carbons (Fsp3) is 0.478. The van der Waals surface area contributed by atoms with Crippen molar-refractivity contribution >= 4 is 0 Å². The Morgan fingerprint density at radius 2 is 0.570 bits per heavy atom. The summed E-state index contributed by atoms with van der Waals surface area (Å²) in [6, 6.07) is 50.4. The highest BCUT2D eigenvalue weighted by Gasteiger charge is 2.28. The van der Waals surface area contributed by atoms with Crippen LogP contribution in [0.25, 0.3) is 0 Å². The molecule has 8 rings (SSSR count). The number of epoxide rings is 2. The lowest BCUT2D eigenvalue weighted by Gasteiger charge is -2.27. The van der Waals surface area contributed by atoms with Crippen molar-refractivity contribution in [2.45, 2.75) is 147 Å². The van der Waals surface area contributed by atoms with Gasteiger partial charge in [-0.1, -0.05) is 167 Å². The molecule has 2 aliphatic heterocycles. The molecule has 79 heavy (non-hydrogen) atoms. The Labute approximate surface area is 472 Å². The Bertz CT molecular complexity index is 2490. The van der Waals surface area contributed by atoms with Gasteiger partial charge in [0.2, 0.25) is 0 Å². The molecule has 2 aliphatic rings. The minimum absolute atomic E-state index is 0.198. The van der Waals surface area contributed by atoms with Crippen LogP contribution in [0.5, 0.6) is 34.5 Å². The Morgan fingerprint density at radius 3 is 0.785 bits per heavy atom. The van der Waals surface area contributed by atoms with Crippen LogP contribution in [0.3, 0.4) is 0 Å². The van der Waals surface area contributed by atoms with Gasteiger partial charge in [0.1, 0.15) is 98.6 Å². The molecule has 0 aromatic heterocycles. The lowest BCUT2D eigenvalue weighted by atomic mass is 9.78. The van der Waals surface area contributed by atoms with Crippen molar-refractivity contribution in [2.75, 3.05) is 66.1 Å². The van der Waals surface area contributed by atoms with E-state index < -0.39 is 0 Å². The van der Waals surface area contributed by atoms with Crippen LogP contribution in [-0.4, -0.2) is 90.5 Å². The summed E-state index contributed by atoms with van der Waals surface area (Å²) in [7, 11) is 0. The van der Waals surface area contributed by atoms with Crippen LogP contribution >= 0.6 is 0 Å². The molecule has 0 N–H and O–H groups in total. The molecule has 424 valence electrons. The van der Waals surface area contributed by atoms with Gasteiger partial charge < -0.3 is 47.4 Å². The molecule has 0 radical (unpaired) electrons. The van der Waals surface area contributed by atoms with Crippen molar-refractivity contribution in [3.8, 4) is 34.5 Å². The first-order valence-electron chi connectivity index (χ1n) is 29.2. The molecule has 10 heteroatoms. The van der Waals surface area contributed by atoms with Crippen LogP contribution in [-0.2, 0) is 35.2 Å². The first-order chi connectivity index (χ1) is 38.3. The lowest BCUT2D eigenvalue weighted by molar-refractivity contribution is -0.00878. The van der Waals surface area contributed by atoms with Gasteiger partial charge in [0.05, 0.1) is 13.2 Å². The van der Waals surface area contributed by atoms with Crippen LogP contribution in [0.15, 0.2) is 146 Å². The average Bonchev–Trinajstić information content (AvgIpc) is 4.48. The zero-order valence-electron chi connectivity index (χ0n) is 48.5. The molecule has 6 aromatic carbocycles. The van der Waals surface area contributed by atoms with Crippen molar-refractivity contribution in [1.29, 1.82) is 0 Å². The summed E-state index contributed by atoms with van der Waals surface area (Å²) >= 11 is 0. The summed E-state index contributed by atoms with van der Waals surface area (Å²) in [6.45, 7) is 23.5. The van der Waals surface area contributed by atoms with E-state index in [0.29, 0.717) is 52.9 Å². The van der Waals surface area contributed by atoms with Crippen molar-refractivity contribution in [1.82, 2.24) is 0 Å². The van der Waals surface area contributed by atoms with Gasteiger partial charge in [0.15, 0.2) is 0 Å². The Morgan fingerprint density at radius 1 is 0.342 bits per heavy atom. The smallest absolute Gasteiger partial charge is 0.125 e.